The van der Waals surface area contributed by atoms with Crippen LogP contribution in [-0.4, -0.2) is 6.54 Å². The van der Waals surface area contributed by atoms with Crippen LogP contribution in [0.4, 0.5) is 10.1 Å². The predicted molar refractivity (Wildman–Crippen MR) is 77.4 cm³/mol. The number of hydrogen-bond donors (Lipinski definition) is 1. The molecule has 2 aromatic rings. The number of anilines is 1. The third-order valence-electron chi connectivity index (χ3n) is 3.00. The highest BCUT2D eigenvalue weighted by Gasteiger charge is 2.23. The summed E-state index contributed by atoms with van der Waals surface area (Å²) in [5.41, 5.74) is 1.72. The number of fused-ring (bicyclic) bond motifs is 1. The number of nitrogens with one attached hydrogen (secondary N) is 1. The van der Waals surface area contributed by atoms with Gasteiger partial charge in [0.05, 0.1) is 17.3 Å². The van der Waals surface area contributed by atoms with E-state index in [2.05, 4.69) is 21.2 Å². The quantitative estimate of drug-likeness (QED) is 0.805. The van der Waals surface area contributed by atoms with Gasteiger partial charge in [0.1, 0.15) is 17.7 Å². The Labute approximate surface area is 123 Å². The van der Waals surface area contributed by atoms with Crippen molar-refractivity contribution in [1.82, 2.24) is 0 Å². The van der Waals surface area contributed by atoms with Crippen LogP contribution in [0.3, 0.4) is 0 Å². The molecule has 0 amide bonds. The van der Waals surface area contributed by atoms with E-state index in [1.807, 2.05) is 18.2 Å². The number of hydrogen-bond acceptors (Lipinski definition) is 2. The van der Waals surface area contributed by atoms with Gasteiger partial charge in [-0.15, -0.1) is 0 Å². The Hall–Kier alpha value is -1.26. The molecular formula is C14H10BrClFNO. The van der Waals surface area contributed by atoms with Crippen molar-refractivity contribution in [3.05, 3.63) is 57.3 Å². The first-order valence-corrected chi connectivity index (χ1v) is 6.95. The molecule has 0 radical (unpaired) electrons. The van der Waals surface area contributed by atoms with Gasteiger partial charge in [-0.25, -0.2) is 4.39 Å². The van der Waals surface area contributed by atoms with Crippen molar-refractivity contribution >= 4 is 33.2 Å². The molecule has 1 atom stereocenters. The molecule has 1 N–H and O–H groups in total. The molecule has 0 saturated carbocycles. The number of rotatable bonds is 1. The van der Waals surface area contributed by atoms with Gasteiger partial charge < -0.3 is 10.1 Å². The molecular weight excluding hydrogens is 333 g/mol. The number of ether oxygens (including phenoxy) is 1. The summed E-state index contributed by atoms with van der Waals surface area (Å²) in [6, 6.07) is 10.1. The van der Waals surface area contributed by atoms with E-state index in [1.54, 1.807) is 6.07 Å². The molecule has 2 nitrogen and oxygen atoms in total. The molecule has 0 bridgehead atoms. The summed E-state index contributed by atoms with van der Waals surface area (Å²) in [5, 5.41) is 3.67. The summed E-state index contributed by atoms with van der Waals surface area (Å²) in [4.78, 5) is 0. The number of halogens is 3. The normalized spacial score (nSPS) is 17.3. The zero-order valence-corrected chi connectivity index (χ0v) is 12.1. The highest BCUT2D eigenvalue weighted by Crippen LogP contribution is 2.37. The van der Waals surface area contributed by atoms with Gasteiger partial charge in [-0.1, -0.05) is 33.6 Å². The number of benzene rings is 2. The van der Waals surface area contributed by atoms with Crippen LogP contribution in [0.25, 0.3) is 0 Å². The first-order valence-electron chi connectivity index (χ1n) is 5.78. The molecule has 19 heavy (non-hydrogen) atoms. The second kappa shape index (κ2) is 5.02. The molecule has 1 aliphatic rings. The van der Waals surface area contributed by atoms with Crippen LogP contribution < -0.4 is 10.1 Å². The molecule has 0 aliphatic carbocycles. The van der Waals surface area contributed by atoms with Crippen LogP contribution >= 0.6 is 27.5 Å². The first kappa shape index (κ1) is 12.8. The van der Waals surface area contributed by atoms with Crippen LogP contribution in [-0.2, 0) is 0 Å². The van der Waals surface area contributed by atoms with Crippen molar-refractivity contribution in [1.29, 1.82) is 0 Å². The largest absolute Gasteiger partial charge is 0.482 e. The maximum atomic E-state index is 13.1. The Morgan fingerprint density at radius 1 is 1.26 bits per heavy atom. The predicted octanol–water partition coefficient (Wildman–Crippen LogP) is 4.79. The van der Waals surface area contributed by atoms with E-state index in [1.165, 1.54) is 12.1 Å². The van der Waals surface area contributed by atoms with Gasteiger partial charge in [-0.3, -0.25) is 0 Å². The molecule has 2 aromatic carbocycles. The lowest BCUT2D eigenvalue weighted by molar-refractivity contribution is 0.210. The van der Waals surface area contributed by atoms with Gasteiger partial charge >= 0.3 is 0 Å². The molecule has 5 heteroatoms. The minimum atomic E-state index is -0.346. The third-order valence-corrected chi connectivity index (χ3v) is 3.82. The highest BCUT2D eigenvalue weighted by molar-refractivity contribution is 9.10. The molecule has 1 heterocycles. The van der Waals surface area contributed by atoms with Crippen LogP contribution in [0.5, 0.6) is 5.75 Å². The maximum Gasteiger partial charge on any atom is 0.143 e. The molecule has 0 fully saturated rings. The lowest BCUT2D eigenvalue weighted by Crippen LogP contribution is -2.23. The van der Waals surface area contributed by atoms with Gasteiger partial charge in [-0.05, 0) is 30.3 Å². The van der Waals surface area contributed by atoms with Gasteiger partial charge in [-0.2, -0.15) is 0 Å². The fourth-order valence-electron chi connectivity index (χ4n) is 2.08. The van der Waals surface area contributed by atoms with E-state index in [9.17, 15) is 4.39 Å². The van der Waals surface area contributed by atoms with E-state index in [4.69, 9.17) is 16.3 Å². The Bertz CT molecular complexity index is 635. The van der Waals surface area contributed by atoms with Gasteiger partial charge in [0.25, 0.3) is 0 Å². The molecule has 1 aliphatic heterocycles. The summed E-state index contributed by atoms with van der Waals surface area (Å²) in [7, 11) is 0. The zero-order chi connectivity index (χ0) is 13.4. The van der Waals surface area contributed by atoms with Crippen LogP contribution in [0.2, 0.25) is 5.02 Å². The summed E-state index contributed by atoms with van der Waals surface area (Å²) >= 11 is 9.47. The lowest BCUT2D eigenvalue weighted by atomic mass is 10.1. The highest BCUT2D eigenvalue weighted by atomic mass is 79.9. The van der Waals surface area contributed by atoms with E-state index in [0.717, 1.165) is 21.5 Å². The fraction of sp³-hybridized carbons (Fsp3) is 0.143. The summed E-state index contributed by atoms with van der Waals surface area (Å²) in [6.07, 6.45) is -0.221. The minimum Gasteiger partial charge on any atom is -0.482 e. The van der Waals surface area contributed by atoms with E-state index in [0.29, 0.717) is 11.6 Å². The summed E-state index contributed by atoms with van der Waals surface area (Å²) < 4.78 is 19.9. The van der Waals surface area contributed by atoms with E-state index < -0.39 is 0 Å². The zero-order valence-electron chi connectivity index (χ0n) is 9.79. The van der Waals surface area contributed by atoms with Crippen molar-refractivity contribution in [2.45, 2.75) is 6.10 Å². The van der Waals surface area contributed by atoms with Gasteiger partial charge in [0.15, 0.2) is 0 Å². The van der Waals surface area contributed by atoms with E-state index >= 15 is 0 Å². The molecule has 1 unspecified atom stereocenters. The molecule has 0 saturated heterocycles. The molecule has 0 aromatic heterocycles. The van der Waals surface area contributed by atoms with Crippen molar-refractivity contribution in [3.63, 3.8) is 0 Å². The Morgan fingerprint density at radius 2 is 2.11 bits per heavy atom. The third kappa shape index (κ3) is 2.55. The average Bonchev–Trinajstić information content (AvgIpc) is 2.38. The first-order chi connectivity index (χ1) is 9.13. The van der Waals surface area contributed by atoms with Crippen molar-refractivity contribution < 1.29 is 9.13 Å². The average molecular weight is 343 g/mol. The van der Waals surface area contributed by atoms with Crippen molar-refractivity contribution in [2.24, 2.45) is 0 Å². The standard InChI is InChI=1S/C14H10BrClFNO/c15-8-1-4-13-12(5-8)18-7-14(19-13)10-3-2-9(17)6-11(10)16/h1-6,14,18H,7H2. The van der Waals surface area contributed by atoms with Crippen molar-refractivity contribution in [3.8, 4) is 5.75 Å². The maximum absolute atomic E-state index is 13.1. The smallest absolute Gasteiger partial charge is 0.143 e. The Morgan fingerprint density at radius 3 is 2.89 bits per heavy atom. The Kier molecular flexibility index (Phi) is 3.37. The molecule has 0 spiro atoms. The Balaban J connectivity index is 1.91. The SMILES string of the molecule is Fc1ccc(C2CNc3cc(Br)ccc3O2)c(Cl)c1. The van der Waals surface area contributed by atoms with E-state index in [-0.39, 0.29) is 11.9 Å². The van der Waals surface area contributed by atoms with Crippen LogP contribution in [0, 0.1) is 5.82 Å². The second-order valence-electron chi connectivity index (χ2n) is 4.29. The van der Waals surface area contributed by atoms with Gasteiger partial charge in [0, 0.05) is 10.0 Å². The van der Waals surface area contributed by atoms with Crippen LogP contribution in [0.1, 0.15) is 11.7 Å². The van der Waals surface area contributed by atoms with Crippen LogP contribution in [0.15, 0.2) is 40.9 Å². The topological polar surface area (TPSA) is 21.3 Å². The summed E-state index contributed by atoms with van der Waals surface area (Å²) in [5.74, 6) is 0.418. The van der Waals surface area contributed by atoms with Crippen molar-refractivity contribution in [2.75, 3.05) is 11.9 Å². The minimum absolute atomic E-state index is 0.221. The van der Waals surface area contributed by atoms with Gasteiger partial charge in [0.2, 0.25) is 0 Å². The lowest BCUT2D eigenvalue weighted by Gasteiger charge is -2.28. The monoisotopic (exact) mass is 341 g/mol. The summed E-state index contributed by atoms with van der Waals surface area (Å²) in [6.45, 7) is 0.592. The fourth-order valence-corrected chi connectivity index (χ4v) is 2.73. The second-order valence-corrected chi connectivity index (χ2v) is 5.62. The molecule has 3 rings (SSSR count). The molecule has 98 valence electrons.